The van der Waals surface area contributed by atoms with Gasteiger partial charge in [-0.25, -0.2) is 0 Å². The van der Waals surface area contributed by atoms with Crippen molar-refractivity contribution in [1.82, 2.24) is 9.80 Å². The number of methoxy groups -OCH3 is 1. The number of nitrogens with zero attached hydrogens (tertiary/aromatic N) is 2. The molecule has 2 amide bonds. The summed E-state index contributed by atoms with van der Waals surface area (Å²) in [6.45, 7) is 4.65. The van der Waals surface area contributed by atoms with Crippen molar-refractivity contribution in [3.8, 4) is 5.75 Å². The van der Waals surface area contributed by atoms with E-state index in [-0.39, 0.29) is 11.8 Å². The van der Waals surface area contributed by atoms with Crippen molar-refractivity contribution in [2.75, 3.05) is 33.3 Å². The highest BCUT2D eigenvalue weighted by atomic mass is 35.5. The number of amides is 2. The molecule has 0 atom stereocenters. The molecule has 0 aliphatic carbocycles. The van der Waals surface area contributed by atoms with Crippen molar-refractivity contribution in [3.05, 3.63) is 28.8 Å². The molecule has 1 fully saturated rings. The van der Waals surface area contributed by atoms with E-state index in [1.807, 2.05) is 22.8 Å². The summed E-state index contributed by atoms with van der Waals surface area (Å²) in [4.78, 5) is 28.3. The first-order chi connectivity index (χ1) is 11.5. The largest absolute Gasteiger partial charge is 0.495 e. The standard InChI is InChI=1S/C18H25ClN2O3/c1-3-5-17(22)20-8-4-9-21(11-10-20)18(23)13-14-6-7-16(24-2)15(19)12-14/h6-7,12H,3-5,8-11,13H2,1-2H3. The van der Waals surface area contributed by atoms with Crippen molar-refractivity contribution in [3.63, 3.8) is 0 Å². The lowest BCUT2D eigenvalue weighted by Crippen LogP contribution is -2.37. The Kier molecular flexibility index (Phi) is 6.91. The number of hydrogen-bond donors (Lipinski definition) is 0. The minimum absolute atomic E-state index is 0.0704. The van der Waals surface area contributed by atoms with E-state index in [9.17, 15) is 9.59 Å². The lowest BCUT2D eigenvalue weighted by molar-refractivity contribution is -0.133. The van der Waals surface area contributed by atoms with Gasteiger partial charge in [0.1, 0.15) is 5.75 Å². The predicted octanol–water partition coefficient (Wildman–Crippen LogP) is 2.75. The predicted molar refractivity (Wildman–Crippen MR) is 94.4 cm³/mol. The van der Waals surface area contributed by atoms with E-state index >= 15 is 0 Å². The molecule has 1 aromatic carbocycles. The van der Waals surface area contributed by atoms with Crippen LogP contribution in [0, 0.1) is 0 Å². The quantitative estimate of drug-likeness (QED) is 0.818. The topological polar surface area (TPSA) is 49.9 Å². The molecule has 24 heavy (non-hydrogen) atoms. The van der Waals surface area contributed by atoms with Crippen LogP contribution in [0.2, 0.25) is 5.02 Å². The van der Waals surface area contributed by atoms with Gasteiger partial charge in [0.2, 0.25) is 11.8 Å². The van der Waals surface area contributed by atoms with Crippen LogP contribution in [0.3, 0.4) is 0 Å². The molecule has 1 aliphatic heterocycles. The van der Waals surface area contributed by atoms with Crippen LogP contribution in [0.25, 0.3) is 0 Å². The van der Waals surface area contributed by atoms with E-state index in [1.165, 1.54) is 0 Å². The van der Waals surface area contributed by atoms with Crippen LogP contribution in [-0.2, 0) is 16.0 Å². The molecule has 1 aromatic rings. The van der Waals surface area contributed by atoms with Crippen LogP contribution in [0.15, 0.2) is 18.2 Å². The summed E-state index contributed by atoms with van der Waals surface area (Å²) in [6.07, 6.45) is 2.58. The van der Waals surface area contributed by atoms with Gasteiger partial charge in [-0.2, -0.15) is 0 Å². The van der Waals surface area contributed by atoms with Crippen molar-refractivity contribution in [1.29, 1.82) is 0 Å². The van der Waals surface area contributed by atoms with E-state index in [2.05, 4.69) is 0 Å². The summed E-state index contributed by atoms with van der Waals surface area (Å²) in [5.41, 5.74) is 0.869. The van der Waals surface area contributed by atoms with Gasteiger partial charge in [0.05, 0.1) is 18.6 Å². The second-order valence-corrected chi connectivity index (χ2v) is 6.42. The van der Waals surface area contributed by atoms with Gasteiger partial charge in [0.15, 0.2) is 0 Å². The average molecular weight is 353 g/mol. The average Bonchev–Trinajstić information content (AvgIpc) is 2.81. The van der Waals surface area contributed by atoms with Gasteiger partial charge in [0, 0.05) is 32.6 Å². The normalized spacial score (nSPS) is 15.1. The summed E-state index contributed by atoms with van der Waals surface area (Å²) >= 11 is 6.11. The molecule has 0 unspecified atom stereocenters. The zero-order valence-corrected chi connectivity index (χ0v) is 15.1. The van der Waals surface area contributed by atoms with Crippen LogP contribution >= 0.6 is 11.6 Å². The first-order valence-electron chi connectivity index (χ1n) is 8.43. The zero-order chi connectivity index (χ0) is 17.5. The van der Waals surface area contributed by atoms with Crippen molar-refractivity contribution in [2.24, 2.45) is 0 Å². The van der Waals surface area contributed by atoms with Gasteiger partial charge in [-0.3, -0.25) is 9.59 Å². The number of benzene rings is 1. The maximum Gasteiger partial charge on any atom is 0.227 e. The van der Waals surface area contributed by atoms with E-state index in [0.29, 0.717) is 43.2 Å². The molecular weight excluding hydrogens is 328 g/mol. The maximum atomic E-state index is 12.5. The van der Waals surface area contributed by atoms with E-state index < -0.39 is 0 Å². The van der Waals surface area contributed by atoms with Crippen molar-refractivity contribution < 1.29 is 14.3 Å². The number of ether oxygens (including phenoxy) is 1. The lowest BCUT2D eigenvalue weighted by atomic mass is 10.1. The van der Waals surface area contributed by atoms with Gasteiger partial charge in [-0.1, -0.05) is 24.6 Å². The highest BCUT2D eigenvalue weighted by Gasteiger charge is 2.21. The molecule has 0 bridgehead atoms. The van der Waals surface area contributed by atoms with E-state index in [4.69, 9.17) is 16.3 Å². The Hall–Kier alpha value is -1.75. The molecule has 5 nitrogen and oxygen atoms in total. The van der Waals surface area contributed by atoms with Crippen LogP contribution < -0.4 is 4.74 Å². The molecule has 0 radical (unpaired) electrons. The van der Waals surface area contributed by atoms with Gasteiger partial charge >= 0.3 is 0 Å². The lowest BCUT2D eigenvalue weighted by Gasteiger charge is -2.22. The second kappa shape index (κ2) is 8.92. The summed E-state index contributed by atoms with van der Waals surface area (Å²) in [6, 6.07) is 5.41. The number of carbonyl (C=O) groups is 2. The number of carbonyl (C=O) groups excluding carboxylic acids is 2. The minimum Gasteiger partial charge on any atom is -0.495 e. The molecule has 0 spiro atoms. The zero-order valence-electron chi connectivity index (χ0n) is 14.4. The third kappa shape index (κ3) is 4.87. The van der Waals surface area contributed by atoms with Gasteiger partial charge in [0.25, 0.3) is 0 Å². The molecule has 6 heteroatoms. The molecule has 132 valence electrons. The Morgan fingerprint density at radius 1 is 1.12 bits per heavy atom. The first kappa shape index (κ1) is 18.6. The summed E-state index contributed by atoms with van der Waals surface area (Å²) in [5, 5.41) is 0.509. The Bertz CT molecular complexity index is 592. The smallest absolute Gasteiger partial charge is 0.227 e. The highest BCUT2D eigenvalue weighted by Crippen LogP contribution is 2.25. The Labute approximate surface area is 148 Å². The second-order valence-electron chi connectivity index (χ2n) is 6.01. The van der Waals surface area contributed by atoms with Crippen LogP contribution in [0.4, 0.5) is 0 Å². The minimum atomic E-state index is 0.0704. The molecule has 1 heterocycles. The van der Waals surface area contributed by atoms with Crippen LogP contribution in [-0.4, -0.2) is 54.9 Å². The summed E-state index contributed by atoms with van der Waals surface area (Å²) in [7, 11) is 1.56. The van der Waals surface area contributed by atoms with Crippen molar-refractivity contribution >= 4 is 23.4 Å². The maximum absolute atomic E-state index is 12.5. The SMILES string of the molecule is CCCC(=O)N1CCCN(C(=O)Cc2ccc(OC)c(Cl)c2)CC1. The summed E-state index contributed by atoms with van der Waals surface area (Å²) in [5.74, 6) is 0.863. The fraction of sp³-hybridized carbons (Fsp3) is 0.556. The molecule has 1 saturated heterocycles. The molecule has 0 aromatic heterocycles. The van der Waals surface area contributed by atoms with Crippen LogP contribution in [0.1, 0.15) is 31.7 Å². The molecule has 1 aliphatic rings. The Morgan fingerprint density at radius 2 is 1.79 bits per heavy atom. The third-order valence-electron chi connectivity index (χ3n) is 4.24. The number of halogens is 1. The van der Waals surface area contributed by atoms with Gasteiger partial charge < -0.3 is 14.5 Å². The van der Waals surface area contributed by atoms with Crippen molar-refractivity contribution in [2.45, 2.75) is 32.6 Å². The number of hydrogen-bond acceptors (Lipinski definition) is 3. The molecule has 2 rings (SSSR count). The van der Waals surface area contributed by atoms with E-state index in [0.717, 1.165) is 24.9 Å². The fourth-order valence-electron chi connectivity index (χ4n) is 2.89. The Morgan fingerprint density at radius 3 is 2.38 bits per heavy atom. The van der Waals surface area contributed by atoms with Gasteiger partial charge in [-0.15, -0.1) is 0 Å². The molecular formula is C18H25ClN2O3. The number of rotatable bonds is 5. The van der Waals surface area contributed by atoms with Gasteiger partial charge in [-0.05, 0) is 30.5 Å². The third-order valence-corrected chi connectivity index (χ3v) is 4.53. The van der Waals surface area contributed by atoms with E-state index in [1.54, 1.807) is 19.2 Å². The molecule has 0 saturated carbocycles. The summed E-state index contributed by atoms with van der Waals surface area (Å²) < 4.78 is 5.13. The highest BCUT2D eigenvalue weighted by molar-refractivity contribution is 6.32. The van der Waals surface area contributed by atoms with Crippen LogP contribution in [0.5, 0.6) is 5.75 Å². The monoisotopic (exact) mass is 352 g/mol. The first-order valence-corrected chi connectivity index (χ1v) is 8.81. The molecule has 0 N–H and O–H groups in total. The fourth-order valence-corrected chi connectivity index (χ4v) is 3.17. The Balaban J connectivity index is 1.93.